The van der Waals surface area contributed by atoms with Gasteiger partial charge in [-0.05, 0) is 71.8 Å². The molecule has 0 bridgehead atoms. The van der Waals surface area contributed by atoms with Gasteiger partial charge in [0.1, 0.15) is 0 Å². The molecule has 3 rings (SSSR count). The Morgan fingerprint density at radius 1 is 1.00 bits per heavy atom. The van der Waals surface area contributed by atoms with Crippen molar-refractivity contribution in [2.24, 2.45) is 0 Å². The second kappa shape index (κ2) is 12.0. The van der Waals surface area contributed by atoms with E-state index < -0.39 is 10.0 Å². The SMILES string of the molecule is CCCCN(CCCC)S(=O)(=O)c1ccc(C(=O)Nc2nc(-c3ccc(I)cc3)cs2)cc1. The van der Waals surface area contributed by atoms with Crippen LogP contribution in [0, 0.1) is 3.57 Å². The van der Waals surface area contributed by atoms with Gasteiger partial charge in [-0.2, -0.15) is 4.31 Å². The van der Waals surface area contributed by atoms with E-state index in [0.717, 1.165) is 40.5 Å². The van der Waals surface area contributed by atoms with Crippen molar-refractivity contribution in [2.45, 2.75) is 44.4 Å². The van der Waals surface area contributed by atoms with E-state index in [1.807, 2.05) is 43.5 Å². The van der Waals surface area contributed by atoms with Crippen molar-refractivity contribution in [3.63, 3.8) is 0 Å². The molecule has 1 heterocycles. The van der Waals surface area contributed by atoms with Crippen molar-refractivity contribution in [3.05, 3.63) is 63.0 Å². The van der Waals surface area contributed by atoms with Gasteiger partial charge in [-0.3, -0.25) is 10.1 Å². The molecule has 33 heavy (non-hydrogen) atoms. The predicted molar refractivity (Wildman–Crippen MR) is 143 cm³/mol. The number of hydrogen-bond acceptors (Lipinski definition) is 5. The lowest BCUT2D eigenvalue weighted by Gasteiger charge is -2.22. The van der Waals surface area contributed by atoms with Gasteiger partial charge < -0.3 is 0 Å². The smallest absolute Gasteiger partial charge is 0.257 e. The maximum atomic E-state index is 13.1. The Morgan fingerprint density at radius 2 is 1.61 bits per heavy atom. The highest BCUT2D eigenvalue weighted by Gasteiger charge is 2.24. The lowest BCUT2D eigenvalue weighted by molar-refractivity contribution is 0.102. The second-order valence-corrected chi connectivity index (χ2v) is 11.7. The minimum atomic E-state index is -3.59. The molecule has 0 unspecified atom stereocenters. The summed E-state index contributed by atoms with van der Waals surface area (Å²) in [5.41, 5.74) is 2.17. The van der Waals surface area contributed by atoms with E-state index in [1.54, 1.807) is 16.4 Å². The van der Waals surface area contributed by atoms with Crippen LogP contribution in [0.3, 0.4) is 0 Å². The van der Waals surface area contributed by atoms with Crippen molar-refractivity contribution in [1.29, 1.82) is 0 Å². The number of anilines is 1. The average molecular weight is 598 g/mol. The summed E-state index contributed by atoms with van der Waals surface area (Å²) in [4.78, 5) is 17.4. The van der Waals surface area contributed by atoms with E-state index in [4.69, 9.17) is 0 Å². The van der Waals surface area contributed by atoms with E-state index >= 15 is 0 Å². The highest BCUT2D eigenvalue weighted by molar-refractivity contribution is 14.1. The molecule has 0 fully saturated rings. The van der Waals surface area contributed by atoms with Gasteiger partial charge in [0.2, 0.25) is 10.0 Å². The molecule has 0 spiro atoms. The first-order valence-corrected chi connectivity index (χ1v) is 14.4. The molecule has 6 nitrogen and oxygen atoms in total. The number of benzene rings is 2. The lowest BCUT2D eigenvalue weighted by atomic mass is 10.2. The lowest BCUT2D eigenvalue weighted by Crippen LogP contribution is -2.33. The number of hydrogen-bond donors (Lipinski definition) is 1. The van der Waals surface area contributed by atoms with Crippen molar-refractivity contribution in [2.75, 3.05) is 18.4 Å². The zero-order valence-electron chi connectivity index (χ0n) is 18.8. The Morgan fingerprint density at radius 3 is 2.18 bits per heavy atom. The van der Waals surface area contributed by atoms with E-state index in [9.17, 15) is 13.2 Å². The molecule has 176 valence electrons. The third kappa shape index (κ3) is 6.84. The Bertz CT molecular complexity index is 1150. The summed E-state index contributed by atoms with van der Waals surface area (Å²) in [6.07, 6.45) is 3.50. The van der Waals surface area contributed by atoms with E-state index in [-0.39, 0.29) is 10.8 Å². The number of amides is 1. The molecule has 0 aliphatic rings. The van der Waals surface area contributed by atoms with Crippen LogP contribution >= 0.6 is 33.9 Å². The Balaban J connectivity index is 1.70. The molecule has 1 N–H and O–H groups in total. The van der Waals surface area contributed by atoms with Gasteiger partial charge in [0.15, 0.2) is 5.13 Å². The van der Waals surface area contributed by atoms with Gasteiger partial charge in [0, 0.05) is 33.2 Å². The number of carbonyl (C=O) groups excluding carboxylic acids is 1. The summed E-state index contributed by atoms with van der Waals surface area (Å²) in [7, 11) is -3.59. The number of sulfonamides is 1. The van der Waals surface area contributed by atoms with E-state index in [1.165, 1.54) is 23.5 Å². The zero-order chi connectivity index (χ0) is 23.8. The molecule has 2 aromatic carbocycles. The summed E-state index contributed by atoms with van der Waals surface area (Å²) < 4.78 is 28.9. The summed E-state index contributed by atoms with van der Waals surface area (Å²) >= 11 is 3.60. The molecule has 3 aromatic rings. The molecular formula is C24H28IN3O3S2. The van der Waals surface area contributed by atoms with Crippen LogP contribution in [0.1, 0.15) is 49.9 Å². The number of nitrogens with zero attached hydrogens (tertiary/aromatic N) is 2. The number of unbranched alkanes of at least 4 members (excludes halogenated alkanes) is 2. The van der Waals surface area contributed by atoms with Crippen LogP contribution in [0.5, 0.6) is 0 Å². The van der Waals surface area contributed by atoms with Gasteiger partial charge in [0.05, 0.1) is 10.6 Å². The molecule has 0 saturated carbocycles. The minimum absolute atomic E-state index is 0.210. The number of nitrogens with one attached hydrogen (secondary N) is 1. The Labute approximate surface area is 213 Å². The van der Waals surface area contributed by atoms with Gasteiger partial charge in [-0.1, -0.05) is 38.8 Å². The topological polar surface area (TPSA) is 79.4 Å². The summed E-state index contributed by atoms with van der Waals surface area (Å²) in [5, 5.41) is 5.20. The van der Waals surface area contributed by atoms with E-state index in [2.05, 4.69) is 32.9 Å². The number of aromatic nitrogens is 1. The Hall–Kier alpha value is -1.82. The van der Waals surface area contributed by atoms with Crippen LogP contribution in [-0.2, 0) is 10.0 Å². The highest BCUT2D eigenvalue weighted by atomic mass is 127. The fourth-order valence-electron chi connectivity index (χ4n) is 3.20. The molecule has 0 atom stereocenters. The largest absolute Gasteiger partial charge is 0.298 e. The number of thiazole rings is 1. The summed E-state index contributed by atoms with van der Waals surface area (Å²) in [6, 6.07) is 14.1. The van der Waals surface area contributed by atoms with Crippen LogP contribution < -0.4 is 5.32 Å². The molecule has 0 aliphatic heterocycles. The molecule has 1 amide bonds. The fraction of sp³-hybridized carbons (Fsp3) is 0.333. The molecule has 1 aromatic heterocycles. The Kier molecular flexibility index (Phi) is 9.42. The fourth-order valence-corrected chi connectivity index (χ4v) is 5.79. The normalized spacial score (nSPS) is 11.6. The maximum Gasteiger partial charge on any atom is 0.257 e. The van der Waals surface area contributed by atoms with Crippen LogP contribution in [0.4, 0.5) is 5.13 Å². The predicted octanol–water partition coefficient (Wildman–Crippen LogP) is 6.26. The van der Waals surface area contributed by atoms with Crippen molar-refractivity contribution >= 4 is 55.0 Å². The zero-order valence-corrected chi connectivity index (χ0v) is 22.5. The first-order valence-electron chi connectivity index (χ1n) is 11.0. The highest BCUT2D eigenvalue weighted by Crippen LogP contribution is 2.26. The summed E-state index contributed by atoms with van der Waals surface area (Å²) in [6.45, 7) is 5.11. The van der Waals surface area contributed by atoms with E-state index in [0.29, 0.717) is 23.8 Å². The van der Waals surface area contributed by atoms with Crippen molar-refractivity contribution in [3.8, 4) is 11.3 Å². The third-order valence-corrected chi connectivity index (χ3v) is 8.53. The number of rotatable bonds is 11. The average Bonchev–Trinajstić information content (AvgIpc) is 3.28. The minimum Gasteiger partial charge on any atom is -0.298 e. The monoisotopic (exact) mass is 597 g/mol. The van der Waals surface area contributed by atoms with Crippen LogP contribution in [-0.4, -0.2) is 36.7 Å². The standard InChI is InChI=1S/C24H28IN3O3S2/c1-3-5-15-28(16-6-4-2)33(30,31)21-13-9-19(10-14-21)23(29)27-24-26-22(17-32-24)18-7-11-20(25)12-8-18/h7-14,17H,3-6,15-16H2,1-2H3,(H,26,27,29). The van der Waals surface area contributed by atoms with Gasteiger partial charge in [-0.25, -0.2) is 13.4 Å². The number of halogens is 1. The van der Waals surface area contributed by atoms with Gasteiger partial charge in [0.25, 0.3) is 5.91 Å². The quantitative estimate of drug-likeness (QED) is 0.265. The van der Waals surface area contributed by atoms with Crippen LogP contribution in [0.25, 0.3) is 11.3 Å². The van der Waals surface area contributed by atoms with Gasteiger partial charge >= 0.3 is 0 Å². The molecular weight excluding hydrogens is 569 g/mol. The molecule has 0 saturated heterocycles. The number of carbonyl (C=O) groups is 1. The summed E-state index contributed by atoms with van der Waals surface area (Å²) in [5.74, 6) is -0.323. The second-order valence-electron chi connectivity index (χ2n) is 7.63. The van der Waals surface area contributed by atoms with Crippen LogP contribution in [0.15, 0.2) is 58.8 Å². The third-order valence-electron chi connectivity index (χ3n) is 5.14. The van der Waals surface area contributed by atoms with Crippen molar-refractivity contribution < 1.29 is 13.2 Å². The molecule has 0 aliphatic carbocycles. The maximum absolute atomic E-state index is 13.1. The van der Waals surface area contributed by atoms with Gasteiger partial charge in [-0.15, -0.1) is 11.3 Å². The van der Waals surface area contributed by atoms with Crippen LogP contribution in [0.2, 0.25) is 0 Å². The molecule has 0 radical (unpaired) electrons. The first-order chi connectivity index (χ1) is 15.8. The molecule has 9 heteroatoms. The first kappa shape index (κ1) is 25.8. The van der Waals surface area contributed by atoms with Crippen molar-refractivity contribution in [1.82, 2.24) is 9.29 Å².